The number of carbonyl (C=O) groups is 1. The van der Waals surface area contributed by atoms with E-state index in [-0.39, 0.29) is 12.3 Å². The molecule has 0 bridgehead atoms. The van der Waals surface area contributed by atoms with Crippen molar-refractivity contribution in [1.29, 1.82) is 5.26 Å². The van der Waals surface area contributed by atoms with Crippen molar-refractivity contribution in [3.05, 3.63) is 43.9 Å². The molecule has 4 nitrogen and oxygen atoms in total. The van der Waals surface area contributed by atoms with Crippen LogP contribution >= 0.6 is 23.6 Å². The summed E-state index contributed by atoms with van der Waals surface area (Å²) in [6, 6.07) is 7.51. The fourth-order valence-corrected chi connectivity index (χ4v) is 3.16. The molecular weight excluding hydrogens is 290 g/mol. The Morgan fingerprint density at radius 2 is 2.25 bits per heavy atom. The van der Waals surface area contributed by atoms with Gasteiger partial charge in [-0.15, -0.1) is 11.3 Å². The zero-order chi connectivity index (χ0) is 14.7. The van der Waals surface area contributed by atoms with Gasteiger partial charge in [-0.3, -0.25) is 4.79 Å². The molecule has 20 heavy (non-hydrogen) atoms. The molecule has 0 spiro atoms. The molecule has 0 atom stereocenters. The average molecular weight is 303 g/mol. The third-order valence-corrected chi connectivity index (χ3v) is 4.24. The number of benzene rings is 1. The number of carbonyl (C=O) groups excluding carboxylic acids is 1. The molecule has 2 aromatic rings. The topological polar surface area (TPSA) is 68.7 Å². The summed E-state index contributed by atoms with van der Waals surface area (Å²) in [5, 5.41) is 11.9. The molecule has 2 rings (SSSR count). The molecule has 0 aliphatic carbocycles. The second-order valence-electron chi connectivity index (χ2n) is 4.40. The molecule has 0 saturated heterocycles. The van der Waals surface area contributed by atoms with E-state index in [0.717, 1.165) is 16.1 Å². The van der Waals surface area contributed by atoms with Crippen LogP contribution in [0.4, 0.5) is 5.69 Å². The smallest absolute Gasteiger partial charge is 0.229 e. The minimum Gasteiger partial charge on any atom is -0.341 e. The molecule has 0 unspecified atom stereocenters. The van der Waals surface area contributed by atoms with E-state index in [2.05, 4.69) is 16.4 Å². The number of rotatable bonds is 3. The maximum absolute atomic E-state index is 12.1. The first-order valence-corrected chi connectivity index (χ1v) is 7.22. The summed E-state index contributed by atoms with van der Waals surface area (Å²) in [7, 11) is 0. The third-order valence-electron chi connectivity index (χ3n) is 2.90. The second-order valence-corrected chi connectivity index (χ2v) is 6.17. The lowest BCUT2D eigenvalue weighted by molar-refractivity contribution is -0.115. The first kappa shape index (κ1) is 14.4. The van der Waals surface area contributed by atoms with Gasteiger partial charge in [-0.25, -0.2) is 0 Å². The number of anilines is 1. The first-order valence-electron chi connectivity index (χ1n) is 5.99. The zero-order valence-electron chi connectivity index (χ0n) is 11.1. The molecule has 0 aliphatic heterocycles. The molecule has 0 radical (unpaired) electrons. The number of amides is 1. The van der Waals surface area contributed by atoms with Gasteiger partial charge in [0, 0.05) is 10.6 Å². The van der Waals surface area contributed by atoms with Crippen molar-refractivity contribution in [3.8, 4) is 6.07 Å². The molecule has 6 heteroatoms. The Balaban J connectivity index is 2.17. The Hall–Kier alpha value is -1.97. The van der Waals surface area contributed by atoms with Crippen LogP contribution in [-0.2, 0) is 11.2 Å². The average Bonchev–Trinajstić information content (AvgIpc) is 2.68. The molecule has 1 aromatic heterocycles. The van der Waals surface area contributed by atoms with Crippen LogP contribution in [0, 0.1) is 29.1 Å². The highest BCUT2D eigenvalue weighted by molar-refractivity contribution is 7.73. The summed E-state index contributed by atoms with van der Waals surface area (Å²) in [5.74, 6) is -0.152. The summed E-state index contributed by atoms with van der Waals surface area (Å²) >= 11 is 6.45. The van der Waals surface area contributed by atoms with Crippen molar-refractivity contribution in [2.75, 3.05) is 5.32 Å². The van der Waals surface area contributed by atoms with Gasteiger partial charge in [0.05, 0.1) is 17.7 Å². The highest BCUT2D eigenvalue weighted by Crippen LogP contribution is 2.20. The summed E-state index contributed by atoms with van der Waals surface area (Å²) in [4.78, 5) is 16.0. The van der Waals surface area contributed by atoms with Gasteiger partial charge in [-0.05, 0) is 37.7 Å². The standard InChI is InChI=1S/C14H13N3OS2/c1-8-4-3-5-11(10(8)7-15)17-13(18)6-12-9(2)16-14(19)20-12/h3-5H,6H2,1-2H3,(H,16,19)(H,17,18). The van der Waals surface area contributed by atoms with Gasteiger partial charge in [0.15, 0.2) is 3.95 Å². The van der Waals surface area contributed by atoms with Gasteiger partial charge < -0.3 is 10.3 Å². The number of thiazole rings is 1. The van der Waals surface area contributed by atoms with E-state index in [9.17, 15) is 4.79 Å². The van der Waals surface area contributed by atoms with Gasteiger partial charge in [0.1, 0.15) is 6.07 Å². The van der Waals surface area contributed by atoms with Crippen molar-refractivity contribution in [2.45, 2.75) is 20.3 Å². The lowest BCUT2D eigenvalue weighted by atomic mass is 10.1. The maximum atomic E-state index is 12.1. The van der Waals surface area contributed by atoms with Crippen molar-refractivity contribution in [1.82, 2.24) is 4.98 Å². The largest absolute Gasteiger partial charge is 0.341 e. The number of aromatic nitrogens is 1. The Bertz CT molecular complexity index is 753. The summed E-state index contributed by atoms with van der Waals surface area (Å²) in [6.45, 7) is 3.73. The SMILES string of the molecule is Cc1cccc(NC(=O)Cc2sc(=S)[nH]c2C)c1C#N. The number of aromatic amines is 1. The highest BCUT2D eigenvalue weighted by atomic mass is 32.1. The number of nitrogens with one attached hydrogen (secondary N) is 2. The summed E-state index contributed by atoms with van der Waals surface area (Å²) < 4.78 is 0.665. The molecule has 0 aliphatic rings. The van der Waals surface area contributed by atoms with Crippen LogP contribution in [-0.4, -0.2) is 10.9 Å². The number of H-pyrrole nitrogens is 1. The van der Waals surface area contributed by atoms with Gasteiger partial charge in [0.2, 0.25) is 5.91 Å². The molecule has 2 N–H and O–H groups in total. The fourth-order valence-electron chi connectivity index (χ4n) is 1.87. The van der Waals surface area contributed by atoms with E-state index in [1.807, 2.05) is 26.0 Å². The summed E-state index contributed by atoms with van der Waals surface area (Å²) in [5.41, 5.74) is 2.81. The predicted molar refractivity (Wildman–Crippen MR) is 82.5 cm³/mol. The van der Waals surface area contributed by atoms with Crippen LogP contribution in [0.15, 0.2) is 18.2 Å². The fraction of sp³-hybridized carbons (Fsp3) is 0.214. The molecule has 1 amide bonds. The van der Waals surface area contributed by atoms with E-state index >= 15 is 0 Å². The lowest BCUT2D eigenvalue weighted by Crippen LogP contribution is -2.15. The van der Waals surface area contributed by atoms with E-state index < -0.39 is 0 Å². The van der Waals surface area contributed by atoms with Crippen molar-refractivity contribution >= 4 is 35.1 Å². The number of aryl methyl sites for hydroxylation is 2. The second kappa shape index (κ2) is 5.99. The Kier molecular flexibility index (Phi) is 4.32. The first-order chi connectivity index (χ1) is 9.51. The Labute approximate surface area is 126 Å². The lowest BCUT2D eigenvalue weighted by Gasteiger charge is -2.08. The minimum atomic E-state index is -0.152. The number of hydrogen-bond acceptors (Lipinski definition) is 4. The van der Waals surface area contributed by atoms with Crippen LogP contribution in [0.1, 0.15) is 21.7 Å². The molecule has 0 saturated carbocycles. The van der Waals surface area contributed by atoms with Crippen LogP contribution in [0.5, 0.6) is 0 Å². The Morgan fingerprint density at radius 1 is 1.50 bits per heavy atom. The van der Waals surface area contributed by atoms with Crippen molar-refractivity contribution in [3.63, 3.8) is 0 Å². The normalized spacial score (nSPS) is 10.1. The number of hydrogen-bond donors (Lipinski definition) is 2. The molecule has 0 fully saturated rings. The van der Waals surface area contributed by atoms with E-state index in [4.69, 9.17) is 17.5 Å². The van der Waals surface area contributed by atoms with Gasteiger partial charge in [0.25, 0.3) is 0 Å². The predicted octanol–water partition coefficient (Wildman–Crippen LogP) is 3.48. The highest BCUT2D eigenvalue weighted by Gasteiger charge is 2.11. The van der Waals surface area contributed by atoms with Crippen LogP contribution in [0.2, 0.25) is 0 Å². The number of nitrogens with zero attached hydrogens (tertiary/aromatic N) is 1. The van der Waals surface area contributed by atoms with Crippen molar-refractivity contribution in [2.24, 2.45) is 0 Å². The monoisotopic (exact) mass is 303 g/mol. The van der Waals surface area contributed by atoms with Gasteiger partial charge >= 0.3 is 0 Å². The van der Waals surface area contributed by atoms with E-state index in [1.54, 1.807) is 6.07 Å². The minimum absolute atomic E-state index is 0.152. The van der Waals surface area contributed by atoms with Crippen molar-refractivity contribution < 1.29 is 4.79 Å². The van der Waals surface area contributed by atoms with Crippen LogP contribution < -0.4 is 5.32 Å². The molecule has 1 aromatic carbocycles. The number of nitriles is 1. The van der Waals surface area contributed by atoms with E-state index in [1.165, 1.54) is 11.3 Å². The Morgan fingerprint density at radius 3 is 2.85 bits per heavy atom. The third kappa shape index (κ3) is 3.13. The zero-order valence-corrected chi connectivity index (χ0v) is 12.7. The summed E-state index contributed by atoms with van der Waals surface area (Å²) in [6.07, 6.45) is 0.252. The molecular formula is C14H13N3OS2. The van der Waals surface area contributed by atoms with Crippen LogP contribution in [0.3, 0.4) is 0 Å². The molecule has 102 valence electrons. The van der Waals surface area contributed by atoms with E-state index in [0.29, 0.717) is 15.2 Å². The maximum Gasteiger partial charge on any atom is 0.229 e. The molecule has 1 heterocycles. The van der Waals surface area contributed by atoms with Gasteiger partial charge in [-0.2, -0.15) is 5.26 Å². The quantitative estimate of drug-likeness (QED) is 0.853. The van der Waals surface area contributed by atoms with Gasteiger partial charge in [-0.1, -0.05) is 12.1 Å². The van der Waals surface area contributed by atoms with Crippen LogP contribution in [0.25, 0.3) is 0 Å².